The summed E-state index contributed by atoms with van der Waals surface area (Å²) in [6, 6.07) is 2.42. The van der Waals surface area contributed by atoms with Gasteiger partial charge in [0, 0.05) is 25.2 Å². The highest BCUT2D eigenvalue weighted by Crippen LogP contribution is 2.34. The molecule has 134 valence electrons. The van der Waals surface area contributed by atoms with E-state index in [1.807, 2.05) is 0 Å². The molecule has 0 radical (unpaired) electrons. The normalized spacial score (nSPS) is 16.2. The van der Waals surface area contributed by atoms with Crippen molar-refractivity contribution >= 4 is 39.1 Å². The fourth-order valence-electron chi connectivity index (χ4n) is 2.41. The molecule has 1 heterocycles. The number of nitrogens with one attached hydrogen (secondary N) is 1. The number of amides is 1. The summed E-state index contributed by atoms with van der Waals surface area (Å²) in [5.41, 5.74) is 0. The first-order valence-corrected chi connectivity index (χ1v) is 9.86. The Bertz CT molecular complexity index is 718. The van der Waals surface area contributed by atoms with Gasteiger partial charge in [0.2, 0.25) is 10.0 Å². The number of likely N-dealkylation sites (tertiary alicyclic amines) is 1. The molecule has 2 N–H and O–H groups in total. The van der Waals surface area contributed by atoms with Gasteiger partial charge in [0.1, 0.15) is 11.5 Å². The Morgan fingerprint density at radius 2 is 1.96 bits per heavy atom. The number of benzene rings is 1. The maximum Gasteiger partial charge on any atom is 0.260 e. The van der Waals surface area contributed by atoms with Gasteiger partial charge in [0.25, 0.3) is 5.91 Å². The molecule has 1 saturated heterocycles. The second kappa shape index (κ2) is 7.77. The average molecular weight is 397 g/mol. The molecular formula is C14H18Cl2N2O5S. The average Bonchev–Trinajstić information content (AvgIpc) is 2.48. The minimum Gasteiger partial charge on any atom is -0.506 e. The van der Waals surface area contributed by atoms with E-state index in [0.29, 0.717) is 25.9 Å². The lowest BCUT2D eigenvalue weighted by Crippen LogP contribution is -2.47. The van der Waals surface area contributed by atoms with Crippen LogP contribution in [0.5, 0.6) is 11.5 Å². The van der Waals surface area contributed by atoms with Gasteiger partial charge in [-0.05, 0) is 18.9 Å². The van der Waals surface area contributed by atoms with Gasteiger partial charge in [-0.15, -0.1) is 0 Å². The predicted molar refractivity (Wildman–Crippen MR) is 91.2 cm³/mol. The number of aromatic hydroxyl groups is 1. The highest BCUT2D eigenvalue weighted by molar-refractivity contribution is 7.88. The number of hydrogen-bond donors (Lipinski definition) is 2. The van der Waals surface area contributed by atoms with Gasteiger partial charge in [-0.2, -0.15) is 0 Å². The number of ether oxygens (including phenoxy) is 1. The molecule has 0 aliphatic carbocycles. The summed E-state index contributed by atoms with van der Waals surface area (Å²) in [6.07, 6.45) is 2.20. The van der Waals surface area contributed by atoms with Gasteiger partial charge in [-0.1, -0.05) is 23.2 Å². The summed E-state index contributed by atoms with van der Waals surface area (Å²) >= 11 is 11.7. The minimum absolute atomic E-state index is 0.0964. The van der Waals surface area contributed by atoms with Crippen molar-refractivity contribution in [1.29, 1.82) is 0 Å². The number of phenols is 1. The smallest absolute Gasteiger partial charge is 0.260 e. The van der Waals surface area contributed by atoms with E-state index in [1.165, 1.54) is 12.1 Å². The van der Waals surface area contributed by atoms with Crippen LogP contribution in [0.25, 0.3) is 0 Å². The molecule has 0 aromatic heterocycles. The van der Waals surface area contributed by atoms with E-state index in [1.54, 1.807) is 4.90 Å². The summed E-state index contributed by atoms with van der Waals surface area (Å²) in [5.74, 6) is -0.255. The van der Waals surface area contributed by atoms with Crippen LogP contribution in [-0.2, 0) is 14.8 Å². The van der Waals surface area contributed by atoms with E-state index in [4.69, 9.17) is 27.9 Å². The molecule has 1 aliphatic heterocycles. The van der Waals surface area contributed by atoms with Crippen LogP contribution in [0.4, 0.5) is 0 Å². The van der Waals surface area contributed by atoms with Gasteiger partial charge >= 0.3 is 0 Å². The third kappa shape index (κ3) is 5.41. The van der Waals surface area contributed by atoms with Gasteiger partial charge < -0.3 is 14.7 Å². The predicted octanol–water partition coefficient (Wildman–Crippen LogP) is 1.62. The third-order valence-corrected chi connectivity index (χ3v) is 4.94. The van der Waals surface area contributed by atoms with Gasteiger partial charge in [0.15, 0.2) is 6.61 Å². The van der Waals surface area contributed by atoms with Gasteiger partial charge in [-0.3, -0.25) is 4.79 Å². The molecule has 0 unspecified atom stereocenters. The molecule has 0 atom stereocenters. The van der Waals surface area contributed by atoms with E-state index in [-0.39, 0.29) is 40.1 Å². The molecule has 1 amide bonds. The van der Waals surface area contributed by atoms with Crippen molar-refractivity contribution in [3.8, 4) is 11.5 Å². The van der Waals surface area contributed by atoms with Crippen molar-refractivity contribution in [2.75, 3.05) is 26.0 Å². The highest BCUT2D eigenvalue weighted by atomic mass is 35.5. The fourth-order valence-corrected chi connectivity index (χ4v) is 3.69. The van der Waals surface area contributed by atoms with E-state index >= 15 is 0 Å². The maximum atomic E-state index is 12.2. The second-order valence-electron chi connectivity index (χ2n) is 5.57. The lowest BCUT2D eigenvalue weighted by molar-refractivity contribution is -0.134. The Balaban J connectivity index is 1.85. The zero-order valence-electron chi connectivity index (χ0n) is 13.0. The van der Waals surface area contributed by atoms with Crippen molar-refractivity contribution in [3.05, 3.63) is 22.2 Å². The van der Waals surface area contributed by atoms with Crippen LogP contribution < -0.4 is 9.46 Å². The van der Waals surface area contributed by atoms with Crippen molar-refractivity contribution < 1.29 is 23.1 Å². The number of carbonyl (C=O) groups excluding carboxylic acids is 1. The number of phenolic OH excluding ortho intramolecular Hbond substituents is 1. The first kappa shape index (κ1) is 19.1. The first-order chi connectivity index (χ1) is 11.2. The summed E-state index contributed by atoms with van der Waals surface area (Å²) < 4.78 is 30.3. The molecule has 2 rings (SSSR count). The Labute approximate surface area is 150 Å². The topological polar surface area (TPSA) is 95.9 Å². The van der Waals surface area contributed by atoms with Crippen molar-refractivity contribution in [1.82, 2.24) is 9.62 Å². The number of nitrogens with zero attached hydrogens (tertiary/aromatic N) is 1. The van der Waals surface area contributed by atoms with Crippen LogP contribution in [0.15, 0.2) is 12.1 Å². The summed E-state index contributed by atoms with van der Waals surface area (Å²) in [6.45, 7) is 0.648. The number of rotatable bonds is 5. The zero-order chi connectivity index (χ0) is 17.9. The van der Waals surface area contributed by atoms with Crippen molar-refractivity contribution in [2.24, 2.45) is 0 Å². The van der Waals surface area contributed by atoms with E-state index in [9.17, 15) is 18.3 Å². The van der Waals surface area contributed by atoms with Crippen molar-refractivity contribution in [2.45, 2.75) is 18.9 Å². The largest absolute Gasteiger partial charge is 0.506 e. The van der Waals surface area contributed by atoms with Gasteiger partial charge in [-0.25, -0.2) is 13.1 Å². The monoisotopic (exact) mass is 396 g/mol. The molecule has 0 saturated carbocycles. The van der Waals surface area contributed by atoms with Crippen LogP contribution in [-0.4, -0.2) is 56.3 Å². The van der Waals surface area contributed by atoms with Gasteiger partial charge in [0.05, 0.1) is 16.3 Å². The Morgan fingerprint density at radius 1 is 1.33 bits per heavy atom. The molecule has 1 fully saturated rings. The number of piperidine rings is 1. The molecule has 0 spiro atoms. The summed E-state index contributed by atoms with van der Waals surface area (Å²) in [4.78, 5) is 13.8. The molecule has 1 aliphatic rings. The molecule has 10 heteroatoms. The van der Waals surface area contributed by atoms with Crippen LogP contribution in [0.2, 0.25) is 10.0 Å². The molecular weight excluding hydrogens is 379 g/mol. The Hall–Kier alpha value is -1.22. The third-order valence-electron chi connectivity index (χ3n) is 3.58. The van der Waals surface area contributed by atoms with Crippen LogP contribution >= 0.6 is 23.2 Å². The standard InChI is InChI=1S/C14H18Cl2N2O5S/c1-24(21,22)17-9-2-4-18(5-3-9)14(20)8-23-13-7-12(19)10(15)6-11(13)16/h6-7,9,17,19H,2-5,8H2,1H3. The van der Waals surface area contributed by atoms with Crippen molar-refractivity contribution in [3.63, 3.8) is 0 Å². The number of hydrogen-bond acceptors (Lipinski definition) is 5. The highest BCUT2D eigenvalue weighted by Gasteiger charge is 2.25. The Morgan fingerprint density at radius 3 is 2.54 bits per heavy atom. The summed E-state index contributed by atoms with van der Waals surface area (Å²) in [7, 11) is -3.25. The lowest BCUT2D eigenvalue weighted by Gasteiger charge is -2.31. The molecule has 0 bridgehead atoms. The lowest BCUT2D eigenvalue weighted by atomic mass is 10.1. The quantitative estimate of drug-likeness (QED) is 0.787. The summed E-state index contributed by atoms with van der Waals surface area (Å²) in [5, 5.41) is 9.83. The van der Waals surface area contributed by atoms with Crippen LogP contribution in [0.3, 0.4) is 0 Å². The van der Waals surface area contributed by atoms with E-state index in [2.05, 4.69) is 4.72 Å². The van der Waals surface area contributed by atoms with E-state index < -0.39 is 10.0 Å². The zero-order valence-corrected chi connectivity index (χ0v) is 15.3. The number of halogens is 2. The van der Waals surface area contributed by atoms with Crippen LogP contribution in [0.1, 0.15) is 12.8 Å². The first-order valence-electron chi connectivity index (χ1n) is 7.21. The second-order valence-corrected chi connectivity index (χ2v) is 8.16. The SMILES string of the molecule is CS(=O)(=O)NC1CCN(C(=O)COc2cc(O)c(Cl)cc2Cl)CC1. The molecule has 7 nitrogen and oxygen atoms in total. The number of carbonyl (C=O) groups is 1. The Kier molecular flexibility index (Phi) is 6.19. The molecule has 1 aromatic rings. The van der Waals surface area contributed by atoms with Crippen LogP contribution in [0, 0.1) is 0 Å². The number of sulfonamides is 1. The molecule has 1 aromatic carbocycles. The van der Waals surface area contributed by atoms with E-state index in [0.717, 1.165) is 6.26 Å². The fraction of sp³-hybridized carbons (Fsp3) is 0.500. The maximum absolute atomic E-state index is 12.2. The minimum atomic E-state index is -3.25. The molecule has 24 heavy (non-hydrogen) atoms.